The maximum atomic E-state index is 9.79. The van der Waals surface area contributed by atoms with Gasteiger partial charge in [-0.15, -0.1) is 0 Å². The number of aliphatic hydroxyl groups is 1. The van der Waals surface area contributed by atoms with Crippen LogP contribution in [0.4, 0.5) is 0 Å². The Morgan fingerprint density at radius 2 is 1.60 bits per heavy atom. The molecule has 1 heterocycles. The summed E-state index contributed by atoms with van der Waals surface area (Å²) in [4.78, 5) is 2.43. The number of hydrogen-bond donors (Lipinski definition) is 1. The molecule has 0 atom stereocenters. The Balaban J connectivity index is 1.81. The molecule has 1 aliphatic heterocycles. The van der Waals surface area contributed by atoms with Crippen molar-refractivity contribution in [3.05, 3.63) is 0 Å². The van der Waals surface area contributed by atoms with Gasteiger partial charge in [-0.05, 0) is 58.0 Å². The van der Waals surface area contributed by atoms with Crippen molar-refractivity contribution >= 4 is 0 Å². The average Bonchev–Trinajstić information content (AvgIpc) is 2.56. The fraction of sp³-hybridized carbons (Fsp3) is 1.00. The lowest BCUT2D eigenvalue weighted by atomic mass is 9.77. The molecule has 2 nitrogen and oxygen atoms in total. The van der Waals surface area contributed by atoms with E-state index in [1.807, 2.05) is 13.8 Å². The first-order valence-corrected chi connectivity index (χ1v) is 6.44. The maximum absolute atomic E-state index is 9.79. The number of hydrogen-bond acceptors (Lipinski definition) is 2. The van der Waals surface area contributed by atoms with Gasteiger partial charge in [0, 0.05) is 6.54 Å². The highest BCUT2D eigenvalue weighted by atomic mass is 16.3. The molecule has 1 spiro atoms. The van der Waals surface area contributed by atoms with E-state index in [1.165, 1.54) is 51.6 Å². The first-order chi connectivity index (χ1) is 6.99. The average molecular weight is 211 g/mol. The van der Waals surface area contributed by atoms with Crippen LogP contribution in [-0.2, 0) is 0 Å². The largest absolute Gasteiger partial charge is 0.389 e. The molecule has 0 unspecified atom stereocenters. The van der Waals surface area contributed by atoms with Crippen LogP contribution >= 0.6 is 0 Å². The zero-order chi connectivity index (χ0) is 10.9. The number of β-amino-alcohol motifs (C(OH)–C–C–N with tert-alkyl or cyclic N) is 1. The van der Waals surface area contributed by atoms with Crippen LogP contribution in [0.15, 0.2) is 0 Å². The minimum atomic E-state index is -0.528. The van der Waals surface area contributed by atoms with E-state index in [2.05, 4.69) is 4.90 Å². The standard InChI is InChI=1S/C13H25NO/c1-12(2,15)11-14-9-7-13(8-10-14)5-3-4-6-13/h15H,3-11H2,1-2H3. The number of nitrogens with zero attached hydrogens (tertiary/aromatic N) is 1. The third-order valence-corrected chi connectivity index (χ3v) is 4.19. The van der Waals surface area contributed by atoms with Gasteiger partial charge in [-0.3, -0.25) is 0 Å². The summed E-state index contributed by atoms with van der Waals surface area (Å²) in [5, 5.41) is 9.79. The second-order valence-electron chi connectivity index (χ2n) is 6.30. The van der Waals surface area contributed by atoms with Crippen molar-refractivity contribution in [3.63, 3.8) is 0 Å². The maximum Gasteiger partial charge on any atom is 0.0718 e. The molecule has 1 saturated carbocycles. The second kappa shape index (κ2) is 4.06. The Morgan fingerprint density at radius 3 is 2.07 bits per heavy atom. The molecule has 2 aliphatic rings. The Labute approximate surface area is 93.7 Å². The molecule has 0 aromatic rings. The van der Waals surface area contributed by atoms with Gasteiger partial charge in [-0.1, -0.05) is 12.8 Å². The number of piperidine rings is 1. The summed E-state index contributed by atoms with van der Waals surface area (Å²) in [6.45, 7) is 7.05. The SMILES string of the molecule is CC(C)(O)CN1CCC2(CCCC2)CC1. The van der Waals surface area contributed by atoms with E-state index in [9.17, 15) is 5.11 Å². The van der Waals surface area contributed by atoms with Gasteiger partial charge >= 0.3 is 0 Å². The van der Waals surface area contributed by atoms with Crippen LogP contribution in [0.25, 0.3) is 0 Å². The topological polar surface area (TPSA) is 23.5 Å². The van der Waals surface area contributed by atoms with Gasteiger partial charge in [0.15, 0.2) is 0 Å². The highest BCUT2D eigenvalue weighted by Gasteiger charge is 2.37. The van der Waals surface area contributed by atoms with Crippen molar-refractivity contribution in [1.82, 2.24) is 4.90 Å². The molecule has 1 saturated heterocycles. The predicted molar refractivity (Wildman–Crippen MR) is 62.9 cm³/mol. The fourth-order valence-corrected chi connectivity index (χ4v) is 3.36. The molecule has 1 aliphatic carbocycles. The van der Waals surface area contributed by atoms with Crippen LogP contribution in [0.3, 0.4) is 0 Å². The fourth-order valence-electron chi connectivity index (χ4n) is 3.36. The lowest BCUT2D eigenvalue weighted by Crippen LogP contribution is -2.45. The molecule has 0 bridgehead atoms. The van der Waals surface area contributed by atoms with Gasteiger partial charge in [0.1, 0.15) is 0 Å². The second-order valence-corrected chi connectivity index (χ2v) is 6.30. The summed E-state index contributed by atoms with van der Waals surface area (Å²) in [6.07, 6.45) is 8.55. The van der Waals surface area contributed by atoms with E-state index in [1.54, 1.807) is 0 Å². The summed E-state index contributed by atoms with van der Waals surface area (Å²) in [7, 11) is 0. The number of rotatable bonds is 2. The lowest BCUT2D eigenvalue weighted by molar-refractivity contribution is 0.0110. The zero-order valence-corrected chi connectivity index (χ0v) is 10.3. The molecule has 88 valence electrons. The Kier molecular flexibility index (Phi) is 3.09. The Hall–Kier alpha value is -0.0800. The minimum Gasteiger partial charge on any atom is -0.389 e. The predicted octanol–water partition coefficient (Wildman–Crippen LogP) is 2.41. The van der Waals surface area contributed by atoms with Gasteiger partial charge in [0.05, 0.1) is 5.60 Å². The van der Waals surface area contributed by atoms with Crippen LogP contribution in [0.2, 0.25) is 0 Å². The van der Waals surface area contributed by atoms with Crippen molar-refractivity contribution in [2.45, 2.75) is 58.0 Å². The van der Waals surface area contributed by atoms with E-state index >= 15 is 0 Å². The van der Waals surface area contributed by atoms with Crippen molar-refractivity contribution in [2.24, 2.45) is 5.41 Å². The van der Waals surface area contributed by atoms with Crippen molar-refractivity contribution in [3.8, 4) is 0 Å². The molecular formula is C13H25NO. The quantitative estimate of drug-likeness (QED) is 0.758. The van der Waals surface area contributed by atoms with Gasteiger partial charge in [0.2, 0.25) is 0 Å². The van der Waals surface area contributed by atoms with Crippen molar-refractivity contribution in [2.75, 3.05) is 19.6 Å². The van der Waals surface area contributed by atoms with Crippen LogP contribution in [0.1, 0.15) is 52.4 Å². The van der Waals surface area contributed by atoms with Gasteiger partial charge in [0.25, 0.3) is 0 Å². The highest BCUT2D eigenvalue weighted by Crippen LogP contribution is 2.46. The molecule has 0 amide bonds. The van der Waals surface area contributed by atoms with Gasteiger partial charge in [-0.2, -0.15) is 0 Å². The van der Waals surface area contributed by atoms with Crippen LogP contribution in [0.5, 0.6) is 0 Å². The first kappa shape index (κ1) is 11.4. The molecular weight excluding hydrogens is 186 g/mol. The minimum absolute atomic E-state index is 0.528. The first-order valence-electron chi connectivity index (χ1n) is 6.44. The molecule has 2 fully saturated rings. The van der Waals surface area contributed by atoms with E-state index in [-0.39, 0.29) is 0 Å². The van der Waals surface area contributed by atoms with E-state index < -0.39 is 5.60 Å². The third kappa shape index (κ3) is 2.94. The van der Waals surface area contributed by atoms with Crippen LogP contribution in [0, 0.1) is 5.41 Å². The highest BCUT2D eigenvalue weighted by molar-refractivity contribution is 4.90. The van der Waals surface area contributed by atoms with Crippen LogP contribution in [-0.4, -0.2) is 35.2 Å². The lowest BCUT2D eigenvalue weighted by Gasteiger charge is -2.41. The van der Waals surface area contributed by atoms with E-state index in [0.717, 1.165) is 6.54 Å². The summed E-state index contributed by atoms with van der Waals surface area (Å²) >= 11 is 0. The van der Waals surface area contributed by atoms with E-state index in [4.69, 9.17) is 0 Å². The number of likely N-dealkylation sites (tertiary alicyclic amines) is 1. The summed E-state index contributed by atoms with van der Waals surface area (Å²) in [5.41, 5.74) is 0.177. The summed E-state index contributed by atoms with van der Waals surface area (Å²) < 4.78 is 0. The van der Waals surface area contributed by atoms with Crippen molar-refractivity contribution in [1.29, 1.82) is 0 Å². The van der Waals surface area contributed by atoms with E-state index in [0.29, 0.717) is 5.41 Å². The summed E-state index contributed by atoms with van der Waals surface area (Å²) in [6, 6.07) is 0. The van der Waals surface area contributed by atoms with Gasteiger partial charge < -0.3 is 10.0 Å². The molecule has 0 radical (unpaired) electrons. The van der Waals surface area contributed by atoms with Crippen LogP contribution < -0.4 is 0 Å². The normalized spacial score (nSPS) is 27.4. The van der Waals surface area contributed by atoms with Gasteiger partial charge in [-0.25, -0.2) is 0 Å². The molecule has 2 heteroatoms. The molecule has 0 aromatic heterocycles. The molecule has 2 rings (SSSR count). The monoisotopic (exact) mass is 211 g/mol. The Morgan fingerprint density at radius 1 is 1.07 bits per heavy atom. The molecule has 15 heavy (non-hydrogen) atoms. The van der Waals surface area contributed by atoms with Crippen molar-refractivity contribution < 1.29 is 5.11 Å². The molecule has 0 aromatic carbocycles. The summed E-state index contributed by atoms with van der Waals surface area (Å²) in [5.74, 6) is 0. The zero-order valence-electron chi connectivity index (χ0n) is 10.3. The smallest absolute Gasteiger partial charge is 0.0718 e. The Bertz CT molecular complexity index is 203. The third-order valence-electron chi connectivity index (χ3n) is 4.19. The molecule has 1 N–H and O–H groups in total.